The summed E-state index contributed by atoms with van der Waals surface area (Å²) in [7, 11) is 0. The van der Waals surface area contributed by atoms with E-state index in [2.05, 4.69) is 20.6 Å². The quantitative estimate of drug-likeness (QED) is 0.907. The molecule has 1 aliphatic rings. The van der Waals surface area contributed by atoms with Gasteiger partial charge in [-0.3, -0.25) is 10.1 Å². The van der Waals surface area contributed by atoms with Crippen LogP contribution in [0.15, 0.2) is 18.3 Å². The van der Waals surface area contributed by atoms with Crippen LogP contribution in [-0.4, -0.2) is 22.4 Å². The van der Waals surface area contributed by atoms with Crippen LogP contribution >= 0.6 is 11.3 Å². The van der Waals surface area contributed by atoms with E-state index < -0.39 is 0 Å². The second-order valence-electron chi connectivity index (χ2n) is 4.66. The van der Waals surface area contributed by atoms with E-state index >= 15 is 0 Å². The second-order valence-corrected chi connectivity index (χ2v) is 5.74. The van der Waals surface area contributed by atoms with Crippen LogP contribution in [0.3, 0.4) is 0 Å². The first-order valence-corrected chi connectivity index (χ1v) is 7.58. The summed E-state index contributed by atoms with van der Waals surface area (Å²) in [4.78, 5) is 22.1. The Morgan fingerprint density at radius 3 is 3.15 bits per heavy atom. The molecule has 6 heteroatoms. The molecule has 0 atom stereocenters. The fourth-order valence-corrected chi connectivity index (χ4v) is 3.31. The lowest BCUT2D eigenvalue weighted by Gasteiger charge is -2.05. The average Bonchev–Trinajstić information content (AvgIpc) is 3.00. The Kier molecular flexibility index (Phi) is 3.64. The first kappa shape index (κ1) is 13.1. The standard InChI is InChI=1S/C14H16N4OS/c1-2-15-12-8-9(6-7-16-12)13(19)18-14-17-10-4-3-5-11(10)20-14/h6-8H,2-5H2,1H3,(H,15,16)(H,17,18,19). The normalized spacial score (nSPS) is 13.1. The molecule has 0 spiro atoms. The van der Waals surface area contributed by atoms with Crippen LogP contribution in [0.2, 0.25) is 0 Å². The van der Waals surface area contributed by atoms with E-state index in [0.717, 1.165) is 25.1 Å². The van der Waals surface area contributed by atoms with Crippen LogP contribution in [0.1, 0.15) is 34.3 Å². The number of carbonyl (C=O) groups is 1. The molecule has 0 radical (unpaired) electrons. The number of anilines is 2. The van der Waals surface area contributed by atoms with Crippen molar-refractivity contribution < 1.29 is 4.79 Å². The van der Waals surface area contributed by atoms with E-state index in [1.165, 1.54) is 11.3 Å². The van der Waals surface area contributed by atoms with Gasteiger partial charge in [0.05, 0.1) is 5.69 Å². The first-order valence-electron chi connectivity index (χ1n) is 6.76. The number of amides is 1. The van der Waals surface area contributed by atoms with Gasteiger partial charge in [0, 0.05) is 23.2 Å². The minimum absolute atomic E-state index is 0.140. The van der Waals surface area contributed by atoms with Crippen LogP contribution < -0.4 is 10.6 Å². The van der Waals surface area contributed by atoms with Gasteiger partial charge in [0.2, 0.25) is 0 Å². The molecule has 1 aliphatic carbocycles. The summed E-state index contributed by atoms with van der Waals surface area (Å²) < 4.78 is 0. The number of hydrogen-bond acceptors (Lipinski definition) is 5. The average molecular weight is 288 g/mol. The van der Waals surface area contributed by atoms with Crippen molar-refractivity contribution in [3.63, 3.8) is 0 Å². The van der Waals surface area contributed by atoms with Crippen molar-refractivity contribution in [1.82, 2.24) is 9.97 Å². The zero-order valence-corrected chi connectivity index (χ0v) is 12.1. The lowest BCUT2D eigenvalue weighted by Crippen LogP contribution is -2.12. The van der Waals surface area contributed by atoms with Crippen LogP contribution in [0.4, 0.5) is 10.9 Å². The highest BCUT2D eigenvalue weighted by molar-refractivity contribution is 7.15. The number of aryl methyl sites for hydroxylation is 2. The Morgan fingerprint density at radius 2 is 2.35 bits per heavy atom. The van der Waals surface area contributed by atoms with Crippen LogP contribution in [0.25, 0.3) is 0 Å². The Bertz CT molecular complexity index is 616. The van der Waals surface area contributed by atoms with Gasteiger partial charge in [-0.25, -0.2) is 9.97 Å². The van der Waals surface area contributed by atoms with E-state index in [1.807, 2.05) is 6.92 Å². The summed E-state index contributed by atoms with van der Waals surface area (Å²) in [5.41, 5.74) is 1.74. The van der Waals surface area contributed by atoms with Gasteiger partial charge >= 0.3 is 0 Å². The Balaban J connectivity index is 1.73. The summed E-state index contributed by atoms with van der Waals surface area (Å²) in [6.07, 6.45) is 4.93. The SMILES string of the molecule is CCNc1cc(C(=O)Nc2nc3c(s2)CCC3)ccn1. The number of thiazole rings is 1. The molecule has 2 aromatic heterocycles. The highest BCUT2D eigenvalue weighted by Gasteiger charge is 2.18. The van der Waals surface area contributed by atoms with Crippen molar-refractivity contribution >= 4 is 28.2 Å². The minimum atomic E-state index is -0.140. The molecule has 0 bridgehead atoms. The molecular formula is C14H16N4OS. The second kappa shape index (κ2) is 5.58. The molecule has 2 N–H and O–H groups in total. The smallest absolute Gasteiger partial charge is 0.257 e. The van der Waals surface area contributed by atoms with Crippen molar-refractivity contribution in [2.45, 2.75) is 26.2 Å². The maximum Gasteiger partial charge on any atom is 0.257 e. The fraction of sp³-hybridized carbons (Fsp3) is 0.357. The molecule has 2 heterocycles. The van der Waals surface area contributed by atoms with E-state index in [-0.39, 0.29) is 5.91 Å². The number of carbonyl (C=O) groups excluding carboxylic acids is 1. The van der Waals surface area contributed by atoms with Gasteiger partial charge in [-0.1, -0.05) is 0 Å². The molecule has 20 heavy (non-hydrogen) atoms. The van der Waals surface area contributed by atoms with Crippen LogP contribution in [-0.2, 0) is 12.8 Å². The molecule has 0 saturated heterocycles. The molecule has 0 fully saturated rings. The lowest BCUT2D eigenvalue weighted by atomic mass is 10.2. The molecule has 5 nitrogen and oxygen atoms in total. The van der Waals surface area contributed by atoms with Gasteiger partial charge in [0.1, 0.15) is 5.82 Å². The lowest BCUT2D eigenvalue weighted by molar-refractivity contribution is 0.102. The minimum Gasteiger partial charge on any atom is -0.370 e. The van der Waals surface area contributed by atoms with Crippen molar-refractivity contribution in [2.24, 2.45) is 0 Å². The summed E-state index contributed by atoms with van der Waals surface area (Å²) in [6.45, 7) is 2.77. The Hall–Kier alpha value is -1.95. The van der Waals surface area contributed by atoms with E-state index in [1.54, 1.807) is 29.7 Å². The maximum absolute atomic E-state index is 12.2. The number of aromatic nitrogens is 2. The Labute approximate surface area is 121 Å². The predicted octanol–water partition coefficient (Wildman–Crippen LogP) is 2.71. The topological polar surface area (TPSA) is 66.9 Å². The monoisotopic (exact) mass is 288 g/mol. The first-order chi connectivity index (χ1) is 9.76. The molecule has 2 aromatic rings. The zero-order chi connectivity index (χ0) is 13.9. The van der Waals surface area contributed by atoms with E-state index in [0.29, 0.717) is 16.5 Å². The number of fused-ring (bicyclic) bond motifs is 1. The van der Waals surface area contributed by atoms with Crippen molar-refractivity contribution in [1.29, 1.82) is 0 Å². The molecule has 3 rings (SSSR count). The summed E-state index contributed by atoms with van der Waals surface area (Å²) >= 11 is 1.59. The summed E-state index contributed by atoms with van der Waals surface area (Å²) in [6, 6.07) is 3.46. The van der Waals surface area contributed by atoms with Crippen molar-refractivity contribution in [2.75, 3.05) is 17.2 Å². The molecular weight excluding hydrogens is 272 g/mol. The third-order valence-corrected chi connectivity index (χ3v) is 4.27. The molecule has 0 aromatic carbocycles. The number of pyridine rings is 1. The molecule has 1 amide bonds. The highest BCUT2D eigenvalue weighted by atomic mass is 32.1. The van der Waals surface area contributed by atoms with E-state index in [4.69, 9.17) is 0 Å². The fourth-order valence-electron chi connectivity index (χ4n) is 2.26. The largest absolute Gasteiger partial charge is 0.370 e. The van der Waals surface area contributed by atoms with E-state index in [9.17, 15) is 4.79 Å². The Morgan fingerprint density at radius 1 is 1.45 bits per heavy atom. The van der Waals surface area contributed by atoms with Crippen LogP contribution in [0, 0.1) is 0 Å². The van der Waals surface area contributed by atoms with Gasteiger partial charge in [-0.2, -0.15) is 0 Å². The predicted molar refractivity (Wildman–Crippen MR) is 80.5 cm³/mol. The number of rotatable bonds is 4. The summed E-state index contributed by atoms with van der Waals surface area (Å²) in [5, 5.41) is 6.66. The highest BCUT2D eigenvalue weighted by Crippen LogP contribution is 2.30. The number of hydrogen-bond donors (Lipinski definition) is 2. The third-order valence-electron chi connectivity index (χ3n) is 3.20. The van der Waals surface area contributed by atoms with Crippen molar-refractivity contribution in [3.8, 4) is 0 Å². The number of nitrogens with one attached hydrogen (secondary N) is 2. The third kappa shape index (κ3) is 2.65. The van der Waals surface area contributed by atoms with Gasteiger partial charge in [-0.05, 0) is 38.3 Å². The van der Waals surface area contributed by atoms with Gasteiger partial charge in [-0.15, -0.1) is 11.3 Å². The van der Waals surface area contributed by atoms with Gasteiger partial charge in [0.15, 0.2) is 5.13 Å². The van der Waals surface area contributed by atoms with Crippen molar-refractivity contribution in [3.05, 3.63) is 34.5 Å². The molecule has 0 unspecified atom stereocenters. The van der Waals surface area contributed by atoms with Gasteiger partial charge < -0.3 is 5.32 Å². The number of nitrogens with zero attached hydrogens (tertiary/aromatic N) is 2. The molecule has 104 valence electrons. The summed E-state index contributed by atoms with van der Waals surface area (Å²) in [5.74, 6) is 0.570. The zero-order valence-electron chi connectivity index (χ0n) is 11.3. The maximum atomic E-state index is 12.2. The molecule has 0 saturated carbocycles. The molecule has 0 aliphatic heterocycles. The van der Waals surface area contributed by atoms with Crippen LogP contribution in [0.5, 0.6) is 0 Å². The van der Waals surface area contributed by atoms with Gasteiger partial charge in [0.25, 0.3) is 5.91 Å².